The molecule has 0 nitrogen and oxygen atoms in total. The molecule has 2 atom stereocenters. The summed E-state index contributed by atoms with van der Waals surface area (Å²) in [4.78, 5) is 0. The van der Waals surface area contributed by atoms with Gasteiger partial charge in [-0.2, -0.15) is 0 Å². The fourth-order valence-electron chi connectivity index (χ4n) is 2.92. The van der Waals surface area contributed by atoms with Gasteiger partial charge in [0.25, 0.3) is 5.92 Å². The van der Waals surface area contributed by atoms with E-state index in [0.29, 0.717) is 5.92 Å². The Morgan fingerprint density at radius 2 is 2.00 bits per heavy atom. The number of allylic oxidation sites excluding steroid dienone is 2. The van der Waals surface area contributed by atoms with Crippen LogP contribution < -0.4 is 0 Å². The van der Waals surface area contributed by atoms with Crippen molar-refractivity contribution < 1.29 is 8.78 Å². The van der Waals surface area contributed by atoms with Crippen LogP contribution in [-0.2, 0) is 0 Å². The van der Waals surface area contributed by atoms with Gasteiger partial charge >= 0.3 is 0 Å². The van der Waals surface area contributed by atoms with Gasteiger partial charge in [-0.05, 0) is 25.2 Å². The van der Waals surface area contributed by atoms with Crippen LogP contribution in [0, 0.1) is 17.3 Å². The summed E-state index contributed by atoms with van der Waals surface area (Å²) < 4.78 is 26.6. The Morgan fingerprint density at radius 3 is 2.64 bits per heavy atom. The lowest BCUT2D eigenvalue weighted by Gasteiger charge is -2.49. The van der Waals surface area contributed by atoms with Gasteiger partial charge in [0.1, 0.15) is 0 Å². The lowest BCUT2D eigenvalue weighted by Crippen LogP contribution is -2.56. The first-order valence-corrected chi connectivity index (χ1v) is 4.23. The first kappa shape index (κ1) is 6.15. The third kappa shape index (κ3) is 0.438. The topological polar surface area (TPSA) is 0 Å². The molecule has 3 aliphatic carbocycles. The summed E-state index contributed by atoms with van der Waals surface area (Å²) in [6.07, 6.45) is 6.08. The molecule has 0 aromatic rings. The summed E-state index contributed by atoms with van der Waals surface area (Å²) >= 11 is 0. The molecule has 3 aliphatic rings. The summed E-state index contributed by atoms with van der Waals surface area (Å²) in [5, 5.41) is 0. The second-order valence-corrected chi connectivity index (χ2v) is 4.08. The molecular formula is C9H10F2. The van der Waals surface area contributed by atoms with E-state index >= 15 is 0 Å². The largest absolute Gasteiger partial charge is 0.260 e. The summed E-state index contributed by atoms with van der Waals surface area (Å²) in [6, 6.07) is 0. The van der Waals surface area contributed by atoms with Crippen molar-refractivity contribution in [3.8, 4) is 0 Å². The maximum Gasteiger partial charge on any atom is 0.260 e. The van der Waals surface area contributed by atoms with E-state index in [1.807, 2.05) is 6.08 Å². The molecule has 2 unspecified atom stereocenters. The average molecular weight is 156 g/mol. The van der Waals surface area contributed by atoms with Crippen LogP contribution in [0.1, 0.15) is 19.3 Å². The van der Waals surface area contributed by atoms with Gasteiger partial charge in [-0.15, -0.1) is 0 Å². The molecule has 2 saturated carbocycles. The molecule has 0 saturated heterocycles. The number of rotatable bonds is 0. The summed E-state index contributed by atoms with van der Waals surface area (Å²) in [7, 11) is 0. The molecule has 0 radical (unpaired) electrons. The fraction of sp³-hybridized carbons (Fsp3) is 0.778. The van der Waals surface area contributed by atoms with Crippen molar-refractivity contribution in [1.29, 1.82) is 0 Å². The van der Waals surface area contributed by atoms with Gasteiger partial charge in [-0.3, -0.25) is 0 Å². The van der Waals surface area contributed by atoms with Gasteiger partial charge in [-0.25, -0.2) is 8.78 Å². The first-order valence-electron chi connectivity index (χ1n) is 4.23. The minimum absolute atomic E-state index is 0.303. The maximum absolute atomic E-state index is 13.3. The second-order valence-electron chi connectivity index (χ2n) is 4.08. The second kappa shape index (κ2) is 1.39. The summed E-state index contributed by atoms with van der Waals surface area (Å²) in [6.45, 7) is 0. The zero-order valence-corrected chi connectivity index (χ0v) is 6.19. The van der Waals surface area contributed by atoms with E-state index in [0.717, 1.165) is 19.3 Å². The van der Waals surface area contributed by atoms with Crippen molar-refractivity contribution in [3.63, 3.8) is 0 Å². The van der Waals surface area contributed by atoms with Crippen molar-refractivity contribution in [1.82, 2.24) is 0 Å². The monoisotopic (exact) mass is 156 g/mol. The zero-order valence-electron chi connectivity index (χ0n) is 6.19. The van der Waals surface area contributed by atoms with Crippen LogP contribution in [0.3, 0.4) is 0 Å². The maximum atomic E-state index is 13.3. The van der Waals surface area contributed by atoms with Crippen molar-refractivity contribution in [3.05, 3.63) is 12.2 Å². The standard InChI is InChI=1S/C9H10F2/c10-9(11)7-3-1-2-6(7)8(9)4-5-8/h1,3,6-7H,2,4-5H2. The Morgan fingerprint density at radius 1 is 1.27 bits per heavy atom. The molecular weight excluding hydrogens is 146 g/mol. The van der Waals surface area contributed by atoms with Crippen molar-refractivity contribution in [2.75, 3.05) is 0 Å². The van der Waals surface area contributed by atoms with Crippen LogP contribution in [0.4, 0.5) is 8.78 Å². The first-order chi connectivity index (χ1) is 5.18. The average Bonchev–Trinajstić information content (AvgIpc) is 2.66. The van der Waals surface area contributed by atoms with Crippen molar-refractivity contribution in [2.24, 2.45) is 17.3 Å². The Kier molecular flexibility index (Phi) is 0.778. The van der Waals surface area contributed by atoms with Crippen molar-refractivity contribution >= 4 is 0 Å². The third-order valence-corrected chi connectivity index (χ3v) is 3.75. The molecule has 60 valence electrons. The molecule has 11 heavy (non-hydrogen) atoms. The molecule has 0 aromatic carbocycles. The molecule has 0 heterocycles. The van der Waals surface area contributed by atoms with Crippen LogP contribution in [0.15, 0.2) is 12.2 Å². The molecule has 0 aromatic heterocycles. The number of alkyl halides is 2. The number of hydrogen-bond donors (Lipinski definition) is 0. The normalized spacial score (nSPS) is 47.1. The van der Waals surface area contributed by atoms with Gasteiger partial charge < -0.3 is 0 Å². The summed E-state index contributed by atoms with van der Waals surface area (Å²) in [5.41, 5.74) is -0.527. The smallest absolute Gasteiger partial charge is 0.206 e. The van der Waals surface area contributed by atoms with Gasteiger partial charge in [0, 0.05) is 11.3 Å². The van der Waals surface area contributed by atoms with Crippen LogP contribution >= 0.6 is 0 Å². The highest BCUT2D eigenvalue weighted by Crippen LogP contribution is 2.77. The highest BCUT2D eigenvalue weighted by Gasteiger charge is 2.79. The number of halogens is 2. The van der Waals surface area contributed by atoms with Crippen molar-refractivity contribution in [2.45, 2.75) is 25.2 Å². The fourth-order valence-corrected chi connectivity index (χ4v) is 2.92. The SMILES string of the molecule is FC1(F)C2C=CCC2C12CC2. The van der Waals surface area contributed by atoms with E-state index in [1.165, 1.54) is 0 Å². The molecule has 3 rings (SSSR count). The Balaban J connectivity index is 2.01. The van der Waals surface area contributed by atoms with Crippen LogP contribution in [0.5, 0.6) is 0 Å². The van der Waals surface area contributed by atoms with Gasteiger partial charge in [-0.1, -0.05) is 12.2 Å². The van der Waals surface area contributed by atoms with E-state index in [2.05, 4.69) is 0 Å². The Hall–Kier alpha value is -0.400. The molecule has 0 amide bonds. The lowest BCUT2D eigenvalue weighted by molar-refractivity contribution is -0.224. The minimum atomic E-state index is -2.36. The molecule has 1 spiro atoms. The predicted molar refractivity (Wildman–Crippen MR) is 37.4 cm³/mol. The molecule has 0 bridgehead atoms. The predicted octanol–water partition coefficient (Wildman–Crippen LogP) is 2.61. The minimum Gasteiger partial charge on any atom is -0.206 e. The van der Waals surface area contributed by atoms with E-state index in [4.69, 9.17) is 0 Å². The van der Waals surface area contributed by atoms with Crippen LogP contribution in [-0.4, -0.2) is 5.92 Å². The zero-order chi connectivity index (χ0) is 7.69. The number of hydrogen-bond acceptors (Lipinski definition) is 0. The molecule has 2 fully saturated rings. The van der Waals surface area contributed by atoms with Gasteiger partial charge in [0.15, 0.2) is 0 Å². The van der Waals surface area contributed by atoms with E-state index in [9.17, 15) is 8.78 Å². The molecule has 0 N–H and O–H groups in total. The van der Waals surface area contributed by atoms with E-state index in [1.54, 1.807) is 6.08 Å². The highest BCUT2D eigenvalue weighted by atomic mass is 19.3. The highest BCUT2D eigenvalue weighted by molar-refractivity contribution is 5.29. The van der Waals surface area contributed by atoms with E-state index in [-0.39, 0.29) is 0 Å². The lowest BCUT2D eigenvalue weighted by atomic mass is 9.60. The Bertz CT molecular complexity index is 238. The summed E-state index contributed by atoms with van der Waals surface area (Å²) in [5.74, 6) is -2.45. The van der Waals surface area contributed by atoms with E-state index < -0.39 is 17.3 Å². The third-order valence-electron chi connectivity index (χ3n) is 3.75. The van der Waals surface area contributed by atoms with Gasteiger partial charge in [0.2, 0.25) is 0 Å². The van der Waals surface area contributed by atoms with Gasteiger partial charge in [0.05, 0.1) is 0 Å². The quantitative estimate of drug-likeness (QED) is 0.473. The van der Waals surface area contributed by atoms with Crippen LogP contribution in [0.25, 0.3) is 0 Å². The van der Waals surface area contributed by atoms with Crippen LogP contribution in [0.2, 0.25) is 0 Å². The number of fused-ring (bicyclic) bond motifs is 2. The molecule has 2 heteroatoms. The molecule has 0 aliphatic heterocycles. The Labute approximate surface area is 64.3 Å².